The molecule has 2 fully saturated rings. The van der Waals surface area contributed by atoms with Crippen molar-refractivity contribution in [2.24, 2.45) is 17.6 Å². The normalized spacial score (nSPS) is 28.1. The lowest BCUT2D eigenvalue weighted by Gasteiger charge is -2.16. The smallest absolute Gasteiger partial charge is 0.226 e. The van der Waals surface area contributed by atoms with Crippen LogP contribution in [0.4, 0.5) is 0 Å². The van der Waals surface area contributed by atoms with Crippen molar-refractivity contribution < 1.29 is 4.79 Å². The summed E-state index contributed by atoms with van der Waals surface area (Å²) in [7, 11) is 0. The second-order valence-corrected chi connectivity index (χ2v) is 6.11. The van der Waals surface area contributed by atoms with E-state index < -0.39 is 0 Å². The first-order valence-electron chi connectivity index (χ1n) is 6.93. The van der Waals surface area contributed by atoms with Gasteiger partial charge in [-0.3, -0.25) is 4.79 Å². The summed E-state index contributed by atoms with van der Waals surface area (Å²) in [6.07, 6.45) is 2.01. The number of halogens is 2. The van der Waals surface area contributed by atoms with Crippen molar-refractivity contribution in [2.45, 2.75) is 18.8 Å². The number of rotatable bonds is 3. The quantitative estimate of drug-likeness (QED) is 0.932. The monoisotopic (exact) mass is 314 g/mol. The Kier molecular flexibility index (Phi) is 4.95. The van der Waals surface area contributed by atoms with Gasteiger partial charge in [0.15, 0.2) is 0 Å². The van der Waals surface area contributed by atoms with Gasteiger partial charge in [0.1, 0.15) is 0 Å². The Balaban J connectivity index is 0.00000147. The molecule has 0 spiro atoms. The molecule has 1 saturated heterocycles. The van der Waals surface area contributed by atoms with Crippen LogP contribution in [0.25, 0.3) is 0 Å². The van der Waals surface area contributed by atoms with Gasteiger partial charge >= 0.3 is 0 Å². The lowest BCUT2D eigenvalue weighted by Crippen LogP contribution is -2.31. The van der Waals surface area contributed by atoms with Crippen molar-refractivity contribution in [3.05, 3.63) is 34.9 Å². The molecule has 1 saturated carbocycles. The van der Waals surface area contributed by atoms with Crippen LogP contribution in [0.1, 0.15) is 24.3 Å². The molecule has 110 valence electrons. The molecular weight excluding hydrogens is 295 g/mol. The molecule has 1 aliphatic carbocycles. The molecule has 1 aromatic carbocycles. The lowest BCUT2D eigenvalue weighted by molar-refractivity contribution is -0.131. The molecule has 0 radical (unpaired) electrons. The fourth-order valence-electron chi connectivity index (χ4n) is 3.03. The summed E-state index contributed by atoms with van der Waals surface area (Å²) < 4.78 is 0. The Morgan fingerprint density at radius 3 is 2.90 bits per heavy atom. The maximum atomic E-state index is 12.4. The number of nitrogens with zero attached hydrogens (tertiary/aromatic N) is 1. The van der Waals surface area contributed by atoms with E-state index in [0.29, 0.717) is 24.3 Å². The summed E-state index contributed by atoms with van der Waals surface area (Å²) >= 11 is 6.00. The standard InChI is InChI=1S/C15H19ClN2O.ClH/c16-12-3-1-2-11(6-12)13-7-14(13)15(19)18-5-4-10(8-17)9-18;/h1-3,6,10,13-14H,4-5,7-9,17H2;1H. The second-order valence-electron chi connectivity index (χ2n) is 5.68. The Labute approximate surface area is 130 Å². The van der Waals surface area contributed by atoms with Crippen LogP contribution in [-0.4, -0.2) is 30.4 Å². The van der Waals surface area contributed by atoms with Gasteiger partial charge in [-0.1, -0.05) is 23.7 Å². The average Bonchev–Trinajstić information content (AvgIpc) is 3.07. The number of benzene rings is 1. The molecular formula is C15H20Cl2N2O. The van der Waals surface area contributed by atoms with E-state index in [4.69, 9.17) is 17.3 Å². The molecule has 1 aliphatic heterocycles. The van der Waals surface area contributed by atoms with Crippen LogP contribution in [0.5, 0.6) is 0 Å². The number of nitrogens with two attached hydrogens (primary N) is 1. The number of likely N-dealkylation sites (tertiary alicyclic amines) is 1. The summed E-state index contributed by atoms with van der Waals surface area (Å²) in [4.78, 5) is 14.4. The van der Waals surface area contributed by atoms with Gasteiger partial charge in [-0.15, -0.1) is 12.4 Å². The van der Waals surface area contributed by atoms with Gasteiger partial charge < -0.3 is 10.6 Å². The van der Waals surface area contributed by atoms with Crippen LogP contribution in [0, 0.1) is 11.8 Å². The zero-order chi connectivity index (χ0) is 13.4. The van der Waals surface area contributed by atoms with E-state index >= 15 is 0 Å². The topological polar surface area (TPSA) is 46.3 Å². The van der Waals surface area contributed by atoms with Crippen LogP contribution in [-0.2, 0) is 4.79 Å². The third-order valence-corrected chi connectivity index (χ3v) is 4.55. The number of hydrogen-bond donors (Lipinski definition) is 1. The number of carbonyl (C=O) groups excluding carboxylic acids is 1. The first-order chi connectivity index (χ1) is 9.19. The summed E-state index contributed by atoms with van der Waals surface area (Å²) in [5, 5.41) is 0.750. The van der Waals surface area contributed by atoms with Crippen molar-refractivity contribution in [3.8, 4) is 0 Å². The molecule has 3 unspecified atom stereocenters. The van der Waals surface area contributed by atoms with Gasteiger partial charge in [0.25, 0.3) is 0 Å². The van der Waals surface area contributed by atoms with Crippen molar-refractivity contribution >= 4 is 29.9 Å². The minimum Gasteiger partial charge on any atom is -0.342 e. The van der Waals surface area contributed by atoms with Gasteiger partial charge in [-0.25, -0.2) is 0 Å². The van der Waals surface area contributed by atoms with Crippen molar-refractivity contribution in [3.63, 3.8) is 0 Å². The van der Waals surface area contributed by atoms with Crippen molar-refractivity contribution in [1.82, 2.24) is 4.90 Å². The van der Waals surface area contributed by atoms with E-state index in [0.717, 1.165) is 31.0 Å². The van der Waals surface area contributed by atoms with Gasteiger partial charge in [0, 0.05) is 24.0 Å². The van der Waals surface area contributed by atoms with Gasteiger partial charge in [0.05, 0.1) is 0 Å². The zero-order valence-corrected chi connectivity index (χ0v) is 12.9. The Hall–Kier alpha value is -0.770. The van der Waals surface area contributed by atoms with Gasteiger partial charge in [-0.05, 0) is 48.9 Å². The van der Waals surface area contributed by atoms with E-state index in [2.05, 4.69) is 6.07 Å². The van der Waals surface area contributed by atoms with Crippen LogP contribution >= 0.6 is 24.0 Å². The molecule has 3 nitrogen and oxygen atoms in total. The molecule has 5 heteroatoms. The Morgan fingerprint density at radius 2 is 2.25 bits per heavy atom. The largest absolute Gasteiger partial charge is 0.342 e. The van der Waals surface area contributed by atoms with Crippen LogP contribution in [0.3, 0.4) is 0 Å². The molecule has 3 rings (SSSR count). The summed E-state index contributed by atoms with van der Waals surface area (Å²) in [6.45, 7) is 2.40. The SMILES string of the molecule is Cl.NCC1CCN(C(=O)C2CC2c2cccc(Cl)c2)C1. The number of hydrogen-bond acceptors (Lipinski definition) is 2. The highest BCUT2D eigenvalue weighted by Crippen LogP contribution is 2.49. The van der Waals surface area contributed by atoms with Crippen molar-refractivity contribution in [1.29, 1.82) is 0 Å². The van der Waals surface area contributed by atoms with E-state index in [9.17, 15) is 4.79 Å². The highest BCUT2D eigenvalue weighted by molar-refractivity contribution is 6.30. The zero-order valence-electron chi connectivity index (χ0n) is 11.3. The number of carbonyl (C=O) groups is 1. The highest BCUT2D eigenvalue weighted by Gasteiger charge is 2.46. The predicted octanol–water partition coefficient (Wildman–Crippen LogP) is 2.67. The summed E-state index contributed by atoms with van der Waals surface area (Å²) in [5.74, 6) is 1.33. The highest BCUT2D eigenvalue weighted by atomic mass is 35.5. The maximum Gasteiger partial charge on any atom is 0.226 e. The summed E-state index contributed by atoms with van der Waals surface area (Å²) in [5.41, 5.74) is 6.87. The first-order valence-corrected chi connectivity index (χ1v) is 7.31. The minimum atomic E-state index is 0. The van der Waals surface area contributed by atoms with E-state index in [1.807, 2.05) is 23.1 Å². The number of amides is 1. The first kappa shape index (κ1) is 15.6. The molecule has 1 amide bonds. The Morgan fingerprint density at radius 1 is 1.45 bits per heavy atom. The van der Waals surface area contributed by atoms with Crippen LogP contribution < -0.4 is 5.73 Å². The fraction of sp³-hybridized carbons (Fsp3) is 0.533. The molecule has 1 heterocycles. The molecule has 2 N–H and O–H groups in total. The minimum absolute atomic E-state index is 0. The molecule has 0 aromatic heterocycles. The van der Waals surface area contributed by atoms with Gasteiger partial charge in [-0.2, -0.15) is 0 Å². The molecule has 3 atom stereocenters. The molecule has 0 bridgehead atoms. The lowest BCUT2D eigenvalue weighted by atomic mass is 10.1. The van der Waals surface area contributed by atoms with Gasteiger partial charge in [0.2, 0.25) is 5.91 Å². The predicted molar refractivity (Wildman–Crippen MR) is 83.3 cm³/mol. The van der Waals surface area contributed by atoms with E-state index in [-0.39, 0.29) is 18.3 Å². The second kappa shape index (κ2) is 6.33. The Bertz CT molecular complexity index is 495. The average molecular weight is 315 g/mol. The molecule has 2 aliphatic rings. The summed E-state index contributed by atoms with van der Waals surface area (Å²) in [6, 6.07) is 7.87. The maximum absolute atomic E-state index is 12.4. The van der Waals surface area contributed by atoms with Crippen molar-refractivity contribution in [2.75, 3.05) is 19.6 Å². The van der Waals surface area contributed by atoms with Crippen LogP contribution in [0.15, 0.2) is 24.3 Å². The molecule has 20 heavy (non-hydrogen) atoms. The van der Waals surface area contributed by atoms with E-state index in [1.165, 1.54) is 5.56 Å². The third-order valence-electron chi connectivity index (χ3n) is 4.32. The fourth-order valence-corrected chi connectivity index (χ4v) is 3.23. The van der Waals surface area contributed by atoms with Crippen LogP contribution in [0.2, 0.25) is 5.02 Å². The third kappa shape index (κ3) is 3.11. The van der Waals surface area contributed by atoms with E-state index in [1.54, 1.807) is 0 Å². The molecule has 1 aromatic rings.